The second-order valence-corrected chi connectivity index (χ2v) is 12.0. The molecular formula is C27H31N10O5P. The van der Waals surface area contributed by atoms with Gasteiger partial charge in [0, 0.05) is 44.7 Å². The lowest BCUT2D eigenvalue weighted by molar-refractivity contribution is 0.146. The van der Waals surface area contributed by atoms with E-state index in [2.05, 4.69) is 29.9 Å². The summed E-state index contributed by atoms with van der Waals surface area (Å²) in [6.45, 7) is 1.10. The van der Waals surface area contributed by atoms with E-state index < -0.39 is 19.7 Å². The molecule has 0 aliphatic heterocycles. The Bertz CT molecular complexity index is 1710. The molecule has 15 nitrogen and oxygen atoms in total. The first-order valence-corrected chi connectivity index (χ1v) is 15.7. The SMILES string of the molecule is CP(=O)(OCC(CCO)n1cnc2c(-n3cccc3)ncnc21)OCC(CCO)n1cnc2c(-n3cccc3)ncnc21. The molecule has 0 aliphatic carbocycles. The van der Waals surface area contributed by atoms with Crippen molar-refractivity contribution < 1.29 is 23.8 Å². The van der Waals surface area contributed by atoms with Crippen molar-refractivity contribution in [3.05, 3.63) is 74.4 Å². The molecule has 6 heterocycles. The zero-order chi connectivity index (χ0) is 29.8. The van der Waals surface area contributed by atoms with Gasteiger partial charge in [-0.25, -0.2) is 29.9 Å². The molecule has 0 radical (unpaired) electrons. The van der Waals surface area contributed by atoms with Crippen LogP contribution in [-0.4, -0.2) is 91.5 Å². The topological polar surface area (TPSA) is 173 Å². The molecule has 2 N–H and O–H groups in total. The molecule has 16 heteroatoms. The maximum atomic E-state index is 13.4. The van der Waals surface area contributed by atoms with Crippen molar-refractivity contribution in [3.8, 4) is 11.6 Å². The molecule has 2 atom stereocenters. The van der Waals surface area contributed by atoms with Crippen LogP contribution in [-0.2, 0) is 13.6 Å². The van der Waals surface area contributed by atoms with Crippen LogP contribution >= 0.6 is 7.60 Å². The third-order valence-corrected chi connectivity index (χ3v) is 8.33. The number of fused-ring (bicyclic) bond motifs is 2. The van der Waals surface area contributed by atoms with Crippen molar-refractivity contribution >= 4 is 29.9 Å². The summed E-state index contributed by atoms with van der Waals surface area (Å²) >= 11 is 0. The van der Waals surface area contributed by atoms with E-state index in [1.807, 2.05) is 58.2 Å². The number of aromatic nitrogens is 10. The summed E-state index contributed by atoms with van der Waals surface area (Å²) in [5.74, 6) is 1.24. The van der Waals surface area contributed by atoms with E-state index in [9.17, 15) is 14.8 Å². The average Bonchev–Trinajstić information content (AvgIpc) is 3.84. The van der Waals surface area contributed by atoms with E-state index in [0.29, 0.717) is 46.8 Å². The summed E-state index contributed by atoms with van der Waals surface area (Å²) in [6, 6.07) is 6.72. The molecular weight excluding hydrogens is 575 g/mol. The van der Waals surface area contributed by atoms with E-state index in [4.69, 9.17) is 9.05 Å². The minimum atomic E-state index is -3.57. The van der Waals surface area contributed by atoms with Crippen molar-refractivity contribution in [3.63, 3.8) is 0 Å². The van der Waals surface area contributed by atoms with Gasteiger partial charge in [-0.15, -0.1) is 0 Å². The number of hydrogen-bond acceptors (Lipinski definition) is 11. The lowest BCUT2D eigenvalue weighted by atomic mass is 10.2. The van der Waals surface area contributed by atoms with Gasteiger partial charge in [0.05, 0.1) is 38.0 Å². The second-order valence-electron chi connectivity index (χ2n) is 9.92. The first-order chi connectivity index (χ1) is 21.0. The summed E-state index contributed by atoms with van der Waals surface area (Å²) in [5, 5.41) is 19.6. The van der Waals surface area contributed by atoms with Gasteiger partial charge in [-0.2, -0.15) is 0 Å². The Labute approximate surface area is 246 Å². The molecule has 224 valence electrons. The van der Waals surface area contributed by atoms with Crippen LogP contribution in [0.4, 0.5) is 0 Å². The van der Waals surface area contributed by atoms with Gasteiger partial charge < -0.3 is 37.5 Å². The molecule has 6 aromatic heterocycles. The number of nitrogens with zero attached hydrogens (tertiary/aromatic N) is 10. The lowest BCUT2D eigenvalue weighted by Gasteiger charge is -2.23. The minimum Gasteiger partial charge on any atom is -0.396 e. The standard InChI is InChI=1S/C27H31N10O5P/c1-43(40,41-14-20(6-12-38)36-18-32-22-24(28-16-30-26(22)36)34-8-2-3-9-34)42-15-21(7-13-39)37-19-33-23-25(29-17-31-27(23)37)35-10-4-5-11-35/h2-5,8-11,16-21,38-39H,6-7,12-15H2,1H3. The van der Waals surface area contributed by atoms with Gasteiger partial charge in [-0.1, -0.05) is 0 Å². The maximum Gasteiger partial charge on any atom is 0.327 e. The molecule has 43 heavy (non-hydrogen) atoms. The number of aliphatic hydroxyl groups is 2. The molecule has 6 rings (SSSR count). The van der Waals surface area contributed by atoms with Gasteiger partial charge in [0.25, 0.3) is 0 Å². The molecule has 0 saturated carbocycles. The third kappa shape index (κ3) is 5.98. The predicted molar refractivity (Wildman–Crippen MR) is 156 cm³/mol. The molecule has 0 fully saturated rings. The predicted octanol–water partition coefficient (Wildman–Crippen LogP) is 2.95. The van der Waals surface area contributed by atoms with Gasteiger partial charge in [0.2, 0.25) is 0 Å². The van der Waals surface area contributed by atoms with Gasteiger partial charge in [0.15, 0.2) is 34.0 Å². The average molecular weight is 607 g/mol. The van der Waals surface area contributed by atoms with Crippen LogP contribution in [0.3, 0.4) is 0 Å². The Morgan fingerprint density at radius 3 is 1.51 bits per heavy atom. The summed E-state index contributed by atoms with van der Waals surface area (Å²) in [6.07, 6.45) is 14.2. The largest absolute Gasteiger partial charge is 0.396 e. The molecule has 0 saturated heterocycles. The van der Waals surface area contributed by atoms with Gasteiger partial charge >= 0.3 is 7.60 Å². The first kappa shape index (κ1) is 28.8. The first-order valence-electron chi connectivity index (χ1n) is 13.7. The highest BCUT2D eigenvalue weighted by atomic mass is 31.2. The van der Waals surface area contributed by atoms with Gasteiger partial charge in [-0.05, 0) is 37.1 Å². The fourth-order valence-electron chi connectivity index (χ4n) is 4.93. The van der Waals surface area contributed by atoms with Crippen LogP contribution < -0.4 is 0 Å². The molecule has 6 aromatic rings. The third-order valence-electron chi connectivity index (χ3n) is 7.09. The van der Waals surface area contributed by atoms with E-state index in [0.717, 1.165) is 0 Å². The molecule has 0 amide bonds. The Kier molecular flexibility index (Phi) is 8.40. The van der Waals surface area contributed by atoms with Crippen LogP contribution in [0.5, 0.6) is 0 Å². The second kappa shape index (κ2) is 12.5. The molecule has 2 unspecified atom stereocenters. The van der Waals surface area contributed by atoms with E-state index in [-0.39, 0.29) is 26.4 Å². The maximum absolute atomic E-state index is 13.4. The Morgan fingerprint density at radius 1 is 0.698 bits per heavy atom. The minimum absolute atomic E-state index is 0.0191. The number of imidazole rings is 2. The summed E-state index contributed by atoms with van der Waals surface area (Å²) in [7, 11) is -3.57. The monoisotopic (exact) mass is 606 g/mol. The van der Waals surface area contributed by atoms with E-state index in [1.165, 1.54) is 19.3 Å². The number of rotatable bonds is 14. The normalized spacial score (nSPS) is 14.8. The van der Waals surface area contributed by atoms with Gasteiger partial charge in [-0.3, -0.25) is 4.57 Å². The van der Waals surface area contributed by atoms with Crippen molar-refractivity contribution in [1.29, 1.82) is 0 Å². The van der Waals surface area contributed by atoms with Crippen molar-refractivity contribution in [1.82, 2.24) is 48.2 Å². The molecule has 0 aliphatic rings. The van der Waals surface area contributed by atoms with Crippen molar-refractivity contribution in [2.24, 2.45) is 0 Å². The molecule has 0 aromatic carbocycles. The van der Waals surface area contributed by atoms with Gasteiger partial charge in [0.1, 0.15) is 12.7 Å². The highest BCUT2D eigenvalue weighted by molar-refractivity contribution is 7.52. The van der Waals surface area contributed by atoms with Crippen LogP contribution in [0, 0.1) is 0 Å². The van der Waals surface area contributed by atoms with E-state index >= 15 is 0 Å². The summed E-state index contributed by atoms with van der Waals surface area (Å²) in [5.41, 5.74) is 2.29. The number of hydrogen-bond donors (Lipinski definition) is 2. The van der Waals surface area contributed by atoms with Crippen LogP contribution in [0.15, 0.2) is 74.4 Å². The van der Waals surface area contributed by atoms with Crippen molar-refractivity contribution in [2.45, 2.75) is 24.9 Å². The number of aliphatic hydroxyl groups excluding tert-OH is 2. The Morgan fingerprint density at radius 2 is 1.12 bits per heavy atom. The van der Waals surface area contributed by atoms with E-state index in [1.54, 1.807) is 21.8 Å². The zero-order valence-corrected chi connectivity index (χ0v) is 24.3. The Hall–Kier alpha value is -4.27. The summed E-state index contributed by atoms with van der Waals surface area (Å²) < 4.78 is 32.4. The van der Waals surface area contributed by atoms with Crippen LogP contribution in [0.25, 0.3) is 34.0 Å². The van der Waals surface area contributed by atoms with Crippen LogP contribution in [0.2, 0.25) is 0 Å². The highest BCUT2D eigenvalue weighted by Crippen LogP contribution is 2.46. The quantitative estimate of drug-likeness (QED) is 0.175. The highest BCUT2D eigenvalue weighted by Gasteiger charge is 2.26. The fraction of sp³-hybridized carbons (Fsp3) is 0.333. The lowest BCUT2D eigenvalue weighted by Crippen LogP contribution is -2.19. The summed E-state index contributed by atoms with van der Waals surface area (Å²) in [4.78, 5) is 26.6. The molecule has 0 spiro atoms. The smallest absolute Gasteiger partial charge is 0.327 e. The molecule has 0 bridgehead atoms. The Balaban J connectivity index is 1.17. The fourth-order valence-corrected chi connectivity index (χ4v) is 5.89. The van der Waals surface area contributed by atoms with Crippen LogP contribution in [0.1, 0.15) is 24.9 Å². The van der Waals surface area contributed by atoms with Crippen molar-refractivity contribution in [2.75, 3.05) is 33.1 Å². The zero-order valence-electron chi connectivity index (χ0n) is 23.4.